The maximum atomic E-state index is 13.1. The lowest BCUT2D eigenvalue weighted by Crippen LogP contribution is -2.44. The van der Waals surface area contributed by atoms with Crippen LogP contribution in [0.4, 0.5) is 30.4 Å². The Morgan fingerprint density at radius 3 is 2.81 bits per heavy atom. The number of esters is 1. The van der Waals surface area contributed by atoms with Gasteiger partial charge in [-0.3, -0.25) is 14.5 Å². The second-order valence-corrected chi connectivity index (χ2v) is 8.38. The van der Waals surface area contributed by atoms with E-state index in [1.165, 1.54) is 31.6 Å². The average molecular weight is 515 g/mol. The molecule has 1 aliphatic heterocycles. The molecule has 2 N–H and O–H groups in total. The van der Waals surface area contributed by atoms with Gasteiger partial charge in [0.15, 0.2) is 0 Å². The first-order chi connectivity index (χ1) is 17.6. The van der Waals surface area contributed by atoms with Crippen molar-refractivity contribution in [1.82, 2.24) is 14.9 Å². The summed E-state index contributed by atoms with van der Waals surface area (Å²) in [5, 5.41) is 6.09. The number of amides is 1. The number of hydrogen-bond acceptors (Lipinski definition) is 8. The van der Waals surface area contributed by atoms with Crippen LogP contribution < -0.4 is 15.4 Å². The molecule has 1 atom stereocenters. The highest BCUT2D eigenvalue weighted by Crippen LogP contribution is 2.35. The van der Waals surface area contributed by atoms with Crippen molar-refractivity contribution in [1.29, 1.82) is 0 Å². The fourth-order valence-electron chi connectivity index (χ4n) is 3.89. The van der Waals surface area contributed by atoms with E-state index in [1.54, 1.807) is 25.1 Å². The summed E-state index contributed by atoms with van der Waals surface area (Å²) in [7, 11) is 1.44. The molecule has 0 saturated carbocycles. The molecular formula is C25H24F3N5O4. The molecule has 2 aromatic carbocycles. The number of fused-ring (bicyclic) bond motifs is 1. The molecule has 12 heteroatoms. The number of anilines is 3. The number of rotatable bonds is 7. The summed E-state index contributed by atoms with van der Waals surface area (Å²) in [6, 6.07) is 7.92. The van der Waals surface area contributed by atoms with Crippen LogP contribution >= 0.6 is 0 Å². The minimum Gasteiger partial charge on any atom is -0.494 e. The Balaban J connectivity index is 1.53. The summed E-state index contributed by atoms with van der Waals surface area (Å²) < 4.78 is 49.8. The second-order valence-electron chi connectivity index (χ2n) is 8.38. The number of benzene rings is 2. The summed E-state index contributed by atoms with van der Waals surface area (Å²) in [6.07, 6.45) is -0.448. The number of nitrogens with one attached hydrogen (secondary N) is 2. The maximum absolute atomic E-state index is 13.1. The average Bonchev–Trinajstić information content (AvgIpc) is 2.83. The highest BCUT2D eigenvalue weighted by Gasteiger charge is 2.30. The van der Waals surface area contributed by atoms with Gasteiger partial charge in [-0.15, -0.1) is 0 Å². The SMILES string of the molecule is COc1cc2ncnc(Nc3cccc(C(F)(F)F)c3)c2cc1NC(=O)C=CCN1CC(=O)OC(C)C1. The molecule has 1 amide bonds. The summed E-state index contributed by atoms with van der Waals surface area (Å²) in [5.41, 5.74) is 0.172. The molecule has 9 nitrogen and oxygen atoms in total. The Labute approximate surface area is 210 Å². The van der Waals surface area contributed by atoms with Crippen LogP contribution in [0.3, 0.4) is 0 Å². The molecule has 1 unspecified atom stereocenters. The number of hydrogen-bond donors (Lipinski definition) is 2. The third-order valence-corrected chi connectivity index (χ3v) is 5.50. The predicted molar refractivity (Wildman–Crippen MR) is 131 cm³/mol. The van der Waals surface area contributed by atoms with Gasteiger partial charge >= 0.3 is 12.1 Å². The van der Waals surface area contributed by atoms with E-state index in [0.29, 0.717) is 35.4 Å². The van der Waals surface area contributed by atoms with Gasteiger partial charge in [0.05, 0.1) is 30.4 Å². The Bertz CT molecular complexity index is 1350. The van der Waals surface area contributed by atoms with E-state index in [4.69, 9.17) is 9.47 Å². The first-order valence-electron chi connectivity index (χ1n) is 11.3. The zero-order valence-corrected chi connectivity index (χ0v) is 20.0. The summed E-state index contributed by atoms with van der Waals surface area (Å²) in [5.74, 6) is -0.154. The normalized spacial score (nSPS) is 16.6. The van der Waals surface area contributed by atoms with Crippen molar-refractivity contribution in [2.24, 2.45) is 0 Å². The smallest absolute Gasteiger partial charge is 0.416 e. The van der Waals surface area contributed by atoms with Gasteiger partial charge in [-0.05, 0) is 31.2 Å². The fourth-order valence-corrected chi connectivity index (χ4v) is 3.89. The molecule has 2 heterocycles. The molecule has 0 spiro atoms. The van der Waals surface area contributed by atoms with E-state index in [2.05, 4.69) is 20.6 Å². The second kappa shape index (κ2) is 10.8. The van der Waals surface area contributed by atoms with Crippen molar-refractivity contribution in [3.8, 4) is 5.75 Å². The Morgan fingerprint density at radius 2 is 2.08 bits per heavy atom. The number of nitrogens with zero attached hydrogens (tertiary/aromatic N) is 3. The number of methoxy groups -OCH3 is 1. The molecule has 1 saturated heterocycles. The topological polar surface area (TPSA) is 106 Å². The van der Waals surface area contributed by atoms with Crippen LogP contribution in [0.1, 0.15) is 12.5 Å². The van der Waals surface area contributed by atoms with Crippen molar-refractivity contribution in [3.63, 3.8) is 0 Å². The third-order valence-electron chi connectivity index (χ3n) is 5.50. The van der Waals surface area contributed by atoms with Gasteiger partial charge in [0.25, 0.3) is 0 Å². The number of cyclic esters (lactones) is 1. The lowest BCUT2D eigenvalue weighted by molar-refractivity contribution is -0.156. The van der Waals surface area contributed by atoms with Crippen molar-refractivity contribution >= 4 is 40.0 Å². The number of morpholine rings is 1. The molecule has 4 rings (SSSR count). The lowest BCUT2D eigenvalue weighted by Gasteiger charge is -2.29. The molecule has 0 aliphatic carbocycles. The standard InChI is InChI=1S/C25H24F3N5O4/c1-15-12-33(13-23(35)37-15)8-4-7-22(34)32-20-10-18-19(11-21(20)36-2)29-14-30-24(18)31-17-6-3-5-16(9-17)25(26,27)28/h3-7,9-11,14-15H,8,12-13H2,1-2H3,(H,32,34)(H,29,30,31). The Hall–Kier alpha value is -4.19. The van der Waals surface area contributed by atoms with Gasteiger partial charge < -0.3 is 20.1 Å². The molecule has 0 bridgehead atoms. The number of aromatic nitrogens is 2. The van der Waals surface area contributed by atoms with E-state index in [0.717, 1.165) is 12.1 Å². The molecule has 194 valence electrons. The maximum Gasteiger partial charge on any atom is 0.416 e. The van der Waals surface area contributed by atoms with Gasteiger partial charge in [-0.1, -0.05) is 12.1 Å². The van der Waals surface area contributed by atoms with Crippen molar-refractivity contribution in [2.75, 3.05) is 37.4 Å². The number of ether oxygens (including phenoxy) is 2. The van der Waals surface area contributed by atoms with Gasteiger partial charge in [-0.25, -0.2) is 9.97 Å². The first kappa shape index (κ1) is 25.9. The first-order valence-corrected chi connectivity index (χ1v) is 11.3. The van der Waals surface area contributed by atoms with Crippen molar-refractivity contribution < 1.29 is 32.2 Å². The van der Waals surface area contributed by atoms with Crippen LogP contribution in [0.5, 0.6) is 5.75 Å². The molecule has 0 radical (unpaired) electrons. The van der Waals surface area contributed by atoms with E-state index in [-0.39, 0.29) is 30.1 Å². The molecular weight excluding hydrogens is 491 g/mol. The van der Waals surface area contributed by atoms with Crippen LogP contribution in [0.15, 0.2) is 54.9 Å². The Morgan fingerprint density at radius 1 is 1.27 bits per heavy atom. The molecule has 1 fully saturated rings. The van der Waals surface area contributed by atoms with Gasteiger partial charge in [0.2, 0.25) is 5.91 Å². The van der Waals surface area contributed by atoms with E-state index in [9.17, 15) is 22.8 Å². The highest BCUT2D eigenvalue weighted by atomic mass is 19.4. The van der Waals surface area contributed by atoms with Crippen LogP contribution in [0.25, 0.3) is 10.9 Å². The summed E-state index contributed by atoms with van der Waals surface area (Å²) >= 11 is 0. The monoisotopic (exact) mass is 515 g/mol. The number of carbonyl (C=O) groups excluding carboxylic acids is 2. The van der Waals surface area contributed by atoms with E-state index >= 15 is 0 Å². The van der Waals surface area contributed by atoms with Gasteiger partial charge in [-0.2, -0.15) is 13.2 Å². The van der Waals surface area contributed by atoms with Gasteiger partial charge in [0, 0.05) is 36.3 Å². The summed E-state index contributed by atoms with van der Waals surface area (Å²) in [4.78, 5) is 34.4. The zero-order chi connectivity index (χ0) is 26.6. The van der Waals surface area contributed by atoms with Crippen LogP contribution in [-0.2, 0) is 20.5 Å². The quantitative estimate of drug-likeness (QED) is 0.357. The molecule has 3 aromatic rings. The van der Waals surface area contributed by atoms with Crippen LogP contribution in [0, 0.1) is 0 Å². The molecule has 37 heavy (non-hydrogen) atoms. The number of alkyl halides is 3. The van der Waals surface area contributed by atoms with Gasteiger partial charge in [0.1, 0.15) is 24.0 Å². The van der Waals surface area contributed by atoms with Crippen LogP contribution in [0.2, 0.25) is 0 Å². The fraction of sp³-hybridized carbons (Fsp3) is 0.280. The van der Waals surface area contributed by atoms with Crippen molar-refractivity contribution in [3.05, 3.63) is 60.4 Å². The summed E-state index contributed by atoms with van der Waals surface area (Å²) in [6.45, 7) is 2.90. The van der Waals surface area contributed by atoms with Crippen molar-refractivity contribution in [2.45, 2.75) is 19.2 Å². The Kier molecular flexibility index (Phi) is 7.58. The molecule has 1 aliphatic rings. The minimum atomic E-state index is -4.49. The lowest BCUT2D eigenvalue weighted by atomic mass is 10.1. The highest BCUT2D eigenvalue weighted by molar-refractivity contribution is 6.03. The zero-order valence-electron chi connectivity index (χ0n) is 20.0. The van der Waals surface area contributed by atoms with E-state index < -0.39 is 17.6 Å². The third kappa shape index (κ3) is 6.53. The minimum absolute atomic E-state index is 0.149. The molecule has 1 aromatic heterocycles. The number of halogens is 3. The van der Waals surface area contributed by atoms with E-state index in [1.807, 2.05) is 4.90 Å². The predicted octanol–water partition coefficient (Wildman–Crippen LogP) is 4.14. The largest absolute Gasteiger partial charge is 0.494 e. The number of carbonyl (C=O) groups is 2. The van der Waals surface area contributed by atoms with Crippen LogP contribution in [-0.4, -0.2) is 59.6 Å².